The third-order valence-electron chi connectivity index (χ3n) is 19.1. The Labute approximate surface area is 521 Å². The minimum atomic E-state index is 0.770. The van der Waals surface area contributed by atoms with Gasteiger partial charge in [-0.15, -0.1) is 0 Å². The molecule has 0 saturated carbocycles. The van der Waals surface area contributed by atoms with E-state index in [-0.39, 0.29) is 0 Å². The zero-order chi connectivity index (χ0) is 59.9. The predicted octanol–water partition coefficient (Wildman–Crippen LogP) is 21.0. The lowest BCUT2D eigenvalue weighted by Gasteiger charge is -2.13. The zero-order valence-electron chi connectivity index (χ0n) is 49.0. The number of nitrogens with zero attached hydrogens (tertiary/aromatic N) is 8. The van der Waals surface area contributed by atoms with Crippen LogP contribution in [-0.4, -0.2) is 37.9 Å². The third-order valence-corrected chi connectivity index (χ3v) is 19.1. The molecule has 0 aliphatic rings. The van der Waals surface area contributed by atoms with Crippen LogP contribution < -0.4 is 0 Å². The number of furan rings is 2. The van der Waals surface area contributed by atoms with Gasteiger partial charge in [-0.3, -0.25) is 17.9 Å². The molecule has 0 aliphatic heterocycles. The molecule has 0 bridgehead atoms. The molecule has 0 fully saturated rings. The van der Waals surface area contributed by atoms with Gasteiger partial charge in [-0.05, 0) is 178 Å². The summed E-state index contributed by atoms with van der Waals surface area (Å²) in [6, 6.07) is 99.0. The summed E-state index contributed by atoms with van der Waals surface area (Å²) >= 11 is 0. The van der Waals surface area contributed by atoms with E-state index < -0.39 is 0 Å². The highest BCUT2D eigenvalue weighted by Gasteiger charge is 2.24. The van der Waals surface area contributed by atoms with Crippen LogP contribution in [0, 0.1) is 0 Å². The van der Waals surface area contributed by atoms with E-state index in [1.165, 1.54) is 5.56 Å². The van der Waals surface area contributed by atoms with Gasteiger partial charge in [0.1, 0.15) is 33.6 Å². The average molecular weight is 1180 g/mol. The molecule has 8 aromatic heterocycles. The van der Waals surface area contributed by atoms with Gasteiger partial charge in [-0.25, -0.2) is 19.9 Å². The number of rotatable bonds is 6. The standard InChI is InChI=1S/C82H46N8O2/c1-2-14-47(15-3-1)48-30-37-76-62(42-48)63-44-53(32-39-77(63)91-76)51-29-36-72-60(41-51)56-17-6-11-23-70(56)88(72)82-86-66-34-27-49(45-64(66)80-84-68-21-9-13-25-74(68)90(80)82)54-26-33-57-61-43-52(31-38-75(61)92-78(57)46-54)50-28-35-71-59(40-50)55-16-5-10-22-69(55)87(71)81-85-65-19-7-4-18-58(65)79-83-67-20-8-12-24-73(67)89(79)81/h1-46H. The molecule has 0 saturated heterocycles. The van der Waals surface area contributed by atoms with Crippen molar-refractivity contribution in [3.05, 3.63) is 279 Å². The first kappa shape index (κ1) is 49.3. The average Bonchev–Trinajstić information content (AvgIpc) is 1.57. The van der Waals surface area contributed by atoms with Crippen molar-refractivity contribution < 1.29 is 8.83 Å². The lowest BCUT2D eigenvalue weighted by Crippen LogP contribution is -2.06. The second-order valence-electron chi connectivity index (χ2n) is 24.2. The van der Waals surface area contributed by atoms with E-state index in [0.29, 0.717) is 0 Å². The maximum atomic E-state index is 6.73. The van der Waals surface area contributed by atoms with Crippen molar-refractivity contribution in [2.45, 2.75) is 0 Å². The van der Waals surface area contributed by atoms with Gasteiger partial charge in [-0.2, -0.15) is 0 Å². The summed E-state index contributed by atoms with van der Waals surface area (Å²) in [7, 11) is 0. The topological polar surface area (TPSA) is 96.5 Å². The molecule has 426 valence electrons. The van der Waals surface area contributed by atoms with Crippen LogP contribution >= 0.6 is 0 Å². The van der Waals surface area contributed by atoms with E-state index in [4.69, 9.17) is 28.8 Å². The number of para-hydroxylation sites is 7. The number of hydrogen-bond donors (Lipinski definition) is 0. The highest BCUT2D eigenvalue weighted by atomic mass is 16.3. The van der Waals surface area contributed by atoms with Gasteiger partial charge >= 0.3 is 0 Å². The van der Waals surface area contributed by atoms with Gasteiger partial charge in [-0.1, -0.05) is 146 Å². The molecule has 21 rings (SSSR count). The molecule has 0 spiro atoms. The summed E-state index contributed by atoms with van der Waals surface area (Å²) in [5.41, 5.74) is 23.8. The molecule has 0 aliphatic carbocycles. The monoisotopic (exact) mass is 1170 g/mol. The van der Waals surface area contributed by atoms with Gasteiger partial charge in [0.05, 0.1) is 55.2 Å². The Morgan fingerprint density at radius 1 is 0.207 bits per heavy atom. The fraction of sp³-hybridized carbons (Fsp3) is 0. The van der Waals surface area contributed by atoms with Crippen molar-refractivity contribution in [2.24, 2.45) is 0 Å². The molecule has 10 heteroatoms. The van der Waals surface area contributed by atoms with Crippen LogP contribution in [0.1, 0.15) is 0 Å². The Bertz CT molecular complexity index is 6780. The number of fused-ring (bicyclic) bond motifs is 22. The summed E-state index contributed by atoms with van der Waals surface area (Å²) in [6.07, 6.45) is 0. The van der Waals surface area contributed by atoms with Crippen molar-refractivity contribution in [1.29, 1.82) is 0 Å². The number of aromatic nitrogens is 8. The number of imidazole rings is 2. The first-order valence-corrected chi connectivity index (χ1v) is 31.0. The zero-order valence-corrected chi connectivity index (χ0v) is 49.0. The Hall–Kier alpha value is -12.7. The van der Waals surface area contributed by atoms with Gasteiger partial charge < -0.3 is 8.83 Å². The van der Waals surface area contributed by atoms with E-state index in [0.717, 1.165) is 193 Å². The summed E-state index contributed by atoms with van der Waals surface area (Å²) in [4.78, 5) is 21.5. The van der Waals surface area contributed by atoms with Crippen molar-refractivity contribution >= 4 is 143 Å². The van der Waals surface area contributed by atoms with E-state index in [1.54, 1.807) is 0 Å². The molecule has 0 unspecified atom stereocenters. The summed E-state index contributed by atoms with van der Waals surface area (Å²) in [5.74, 6) is 1.57. The van der Waals surface area contributed by atoms with Crippen molar-refractivity contribution in [2.75, 3.05) is 0 Å². The van der Waals surface area contributed by atoms with Gasteiger partial charge in [0.25, 0.3) is 0 Å². The van der Waals surface area contributed by atoms with Crippen LogP contribution in [0.5, 0.6) is 0 Å². The Morgan fingerprint density at radius 3 is 1.14 bits per heavy atom. The fourth-order valence-electron chi connectivity index (χ4n) is 14.8. The number of hydrogen-bond acceptors (Lipinski definition) is 6. The maximum Gasteiger partial charge on any atom is 0.221 e. The quantitative estimate of drug-likeness (QED) is 0.165. The molecule has 0 amide bonds. The first-order valence-electron chi connectivity index (χ1n) is 31.0. The molecule has 0 atom stereocenters. The van der Waals surface area contributed by atoms with Crippen molar-refractivity contribution in [3.8, 4) is 56.4 Å². The molecular formula is C82H46N8O2. The Balaban J connectivity index is 0.657. The highest BCUT2D eigenvalue weighted by molar-refractivity contribution is 6.15. The van der Waals surface area contributed by atoms with Gasteiger partial charge in [0.2, 0.25) is 11.9 Å². The van der Waals surface area contributed by atoms with Crippen LogP contribution in [0.3, 0.4) is 0 Å². The fourth-order valence-corrected chi connectivity index (χ4v) is 14.8. The molecule has 0 N–H and O–H groups in total. The minimum absolute atomic E-state index is 0.770. The predicted molar refractivity (Wildman–Crippen MR) is 375 cm³/mol. The second kappa shape index (κ2) is 18.5. The minimum Gasteiger partial charge on any atom is -0.456 e. The van der Waals surface area contributed by atoms with Crippen molar-refractivity contribution in [3.63, 3.8) is 0 Å². The molecule has 10 nitrogen and oxygen atoms in total. The molecule has 21 aromatic rings. The van der Waals surface area contributed by atoms with E-state index in [1.807, 2.05) is 12.1 Å². The van der Waals surface area contributed by atoms with E-state index in [2.05, 4.69) is 285 Å². The third kappa shape index (κ3) is 7.02. The largest absolute Gasteiger partial charge is 0.456 e. The van der Waals surface area contributed by atoms with Gasteiger partial charge in [0.15, 0.2) is 0 Å². The molecule has 92 heavy (non-hydrogen) atoms. The first-order chi connectivity index (χ1) is 45.6. The van der Waals surface area contributed by atoms with Crippen LogP contribution in [0.15, 0.2) is 288 Å². The molecular weight excluding hydrogens is 1130 g/mol. The highest BCUT2D eigenvalue weighted by Crippen LogP contribution is 2.43. The normalized spacial score (nSPS) is 12.3. The molecule has 13 aromatic carbocycles. The lowest BCUT2D eigenvalue weighted by molar-refractivity contribution is 0.668. The van der Waals surface area contributed by atoms with Crippen molar-refractivity contribution in [1.82, 2.24) is 37.9 Å². The molecule has 0 radical (unpaired) electrons. The van der Waals surface area contributed by atoms with E-state index >= 15 is 0 Å². The maximum absolute atomic E-state index is 6.73. The summed E-state index contributed by atoms with van der Waals surface area (Å²) < 4.78 is 22.2. The lowest BCUT2D eigenvalue weighted by atomic mass is 9.99. The van der Waals surface area contributed by atoms with Crippen LogP contribution in [0.4, 0.5) is 0 Å². The Morgan fingerprint density at radius 2 is 0.576 bits per heavy atom. The number of benzene rings is 13. The van der Waals surface area contributed by atoms with Crippen LogP contribution in [-0.2, 0) is 0 Å². The van der Waals surface area contributed by atoms with E-state index in [9.17, 15) is 0 Å². The van der Waals surface area contributed by atoms with Gasteiger partial charge in [0, 0.05) is 53.9 Å². The smallest absolute Gasteiger partial charge is 0.221 e. The summed E-state index contributed by atoms with van der Waals surface area (Å²) in [6.45, 7) is 0. The summed E-state index contributed by atoms with van der Waals surface area (Å²) in [5, 5.41) is 10.8. The second-order valence-corrected chi connectivity index (χ2v) is 24.2. The molecule has 8 heterocycles. The SMILES string of the molecule is c1ccc(-c2ccc3oc4ccc(-c5ccc6c(c5)c5ccccc5n6-c5nc6ccc(-c7ccc8c(c7)oc7ccc(-c9ccc%10c(c9)c9ccccc9n%10-c9nc%10ccccc%10c%10nc%11ccccc%11n9%10)cc78)cc6c6nc7ccccc7n56)cc4c3c2)cc1. The van der Waals surface area contributed by atoms with Crippen LogP contribution in [0.2, 0.25) is 0 Å². The van der Waals surface area contributed by atoms with Crippen LogP contribution in [0.25, 0.3) is 199 Å². The Kier molecular flexibility index (Phi) is 9.90.